The first-order chi connectivity index (χ1) is 17.9. The fraction of sp³-hybridized carbons (Fsp3) is 0.556. The Labute approximate surface area is 215 Å². The zero-order valence-corrected chi connectivity index (χ0v) is 21.1. The van der Waals surface area contributed by atoms with Crippen LogP contribution in [0.5, 0.6) is 0 Å². The third-order valence-corrected chi connectivity index (χ3v) is 8.55. The molecule has 3 saturated heterocycles. The number of nitrogens with zero attached hydrogens (tertiary/aromatic N) is 5. The van der Waals surface area contributed by atoms with Gasteiger partial charge in [-0.2, -0.15) is 0 Å². The largest absolute Gasteiger partial charge is 0.387 e. The second-order valence-electron chi connectivity index (χ2n) is 10.8. The number of fused-ring (bicyclic) bond motifs is 1. The fourth-order valence-corrected chi connectivity index (χ4v) is 6.31. The third kappa shape index (κ3) is 4.61. The molecule has 6 rings (SSSR count). The molecule has 0 aliphatic carbocycles. The lowest BCUT2D eigenvalue weighted by Crippen LogP contribution is -2.54. The van der Waals surface area contributed by atoms with E-state index in [0.717, 1.165) is 49.8 Å². The van der Waals surface area contributed by atoms with Crippen molar-refractivity contribution in [2.45, 2.75) is 62.3 Å². The number of hydrogen-bond donors (Lipinski definition) is 3. The lowest BCUT2D eigenvalue weighted by atomic mass is 9.85. The van der Waals surface area contributed by atoms with Crippen LogP contribution in [-0.4, -0.2) is 91.6 Å². The highest BCUT2D eigenvalue weighted by Gasteiger charge is 2.49. The molecule has 5 heterocycles. The molecule has 10 heteroatoms. The van der Waals surface area contributed by atoms with Gasteiger partial charge >= 0.3 is 0 Å². The first-order valence-electron chi connectivity index (χ1n) is 13.2. The number of halogens is 1. The molecule has 2 aromatic heterocycles. The number of likely N-dealkylation sites (tertiary alicyclic amines) is 2. The minimum absolute atomic E-state index is 0.178. The summed E-state index contributed by atoms with van der Waals surface area (Å²) in [6.07, 6.45) is 4.61. The predicted molar refractivity (Wildman–Crippen MR) is 137 cm³/mol. The van der Waals surface area contributed by atoms with Crippen molar-refractivity contribution in [1.82, 2.24) is 24.3 Å². The van der Waals surface area contributed by atoms with E-state index in [-0.39, 0.29) is 11.4 Å². The molecular weight excluding hydrogens is 475 g/mol. The van der Waals surface area contributed by atoms with Crippen molar-refractivity contribution >= 4 is 16.9 Å². The molecule has 0 amide bonds. The Morgan fingerprint density at radius 3 is 2.62 bits per heavy atom. The zero-order chi connectivity index (χ0) is 25.6. The number of aliphatic hydroxyl groups is 2. The van der Waals surface area contributed by atoms with Gasteiger partial charge in [0.15, 0.2) is 6.23 Å². The highest BCUT2D eigenvalue weighted by atomic mass is 19.1. The van der Waals surface area contributed by atoms with E-state index in [1.807, 2.05) is 12.3 Å². The van der Waals surface area contributed by atoms with Crippen LogP contribution in [0.1, 0.15) is 37.5 Å². The molecule has 3 aliphatic rings. The van der Waals surface area contributed by atoms with Gasteiger partial charge in [0.25, 0.3) is 0 Å². The van der Waals surface area contributed by atoms with Crippen molar-refractivity contribution in [3.05, 3.63) is 54.2 Å². The minimum atomic E-state index is -1.07. The molecule has 3 fully saturated rings. The summed E-state index contributed by atoms with van der Waals surface area (Å²) in [5.41, 5.74) is 1.72. The summed E-state index contributed by atoms with van der Waals surface area (Å²) in [6, 6.07) is 8.20. The van der Waals surface area contributed by atoms with Crippen molar-refractivity contribution in [2.24, 2.45) is 0 Å². The number of piperidine rings is 1. The first kappa shape index (κ1) is 24.7. The molecule has 1 spiro atoms. The van der Waals surface area contributed by atoms with Crippen LogP contribution >= 0.6 is 0 Å². The van der Waals surface area contributed by atoms with E-state index in [9.17, 15) is 14.6 Å². The second kappa shape index (κ2) is 9.92. The van der Waals surface area contributed by atoms with E-state index in [1.165, 1.54) is 24.9 Å². The Balaban J connectivity index is 1.18. The molecule has 0 bridgehead atoms. The van der Waals surface area contributed by atoms with Gasteiger partial charge in [0.05, 0.1) is 5.39 Å². The van der Waals surface area contributed by atoms with E-state index in [2.05, 4.69) is 32.1 Å². The van der Waals surface area contributed by atoms with Gasteiger partial charge in [0.2, 0.25) is 0 Å². The Kier molecular flexibility index (Phi) is 6.62. The number of hydrogen-bond acceptors (Lipinski definition) is 8. The van der Waals surface area contributed by atoms with Crippen LogP contribution in [-0.2, 0) is 11.3 Å². The molecule has 4 atom stereocenters. The maximum atomic E-state index is 13.2. The Morgan fingerprint density at radius 1 is 1.05 bits per heavy atom. The van der Waals surface area contributed by atoms with Gasteiger partial charge in [-0.25, -0.2) is 14.4 Å². The number of aliphatic hydroxyl groups excluding tert-OH is 2. The summed E-state index contributed by atoms with van der Waals surface area (Å²) in [6.45, 7) is 4.26. The van der Waals surface area contributed by atoms with Crippen LogP contribution < -0.4 is 5.32 Å². The molecule has 3 aromatic rings. The molecule has 0 saturated carbocycles. The normalized spacial score (nSPS) is 28.4. The van der Waals surface area contributed by atoms with Gasteiger partial charge in [-0.3, -0.25) is 4.90 Å². The van der Waals surface area contributed by atoms with Crippen LogP contribution in [0.15, 0.2) is 42.9 Å². The third-order valence-electron chi connectivity index (χ3n) is 8.55. The predicted octanol–water partition coefficient (Wildman–Crippen LogP) is 2.36. The summed E-state index contributed by atoms with van der Waals surface area (Å²) in [4.78, 5) is 13.7. The van der Waals surface area contributed by atoms with Crippen LogP contribution in [0.4, 0.5) is 10.2 Å². The Bertz CT molecular complexity index is 1230. The smallest absolute Gasteiger partial charge is 0.164 e. The highest BCUT2D eigenvalue weighted by molar-refractivity contribution is 5.87. The van der Waals surface area contributed by atoms with E-state index in [1.54, 1.807) is 16.7 Å². The second-order valence-corrected chi connectivity index (χ2v) is 10.8. The van der Waals surface area contributed by atoms with Gasteiger partial charge in [0.1, 0.15) is 41.9 Å². The minimum Gasteiger partial charge on any atom is -0.387 e. The maximum absolute atomic E-state index is 13.2. The summed E-state index contributed by atoms with van der Waals surface area (Å²) in [5, 5.41) is 26.1. The average molecular weight is 511 g/mol. The number of rotatable bonds is 6. The standard InChI is InChI=1S/C27H35FN6O3/c1-32-13-9-27(10-14-32)8-2-11-33(27)16-21-22(35)23(36)26(37-21)34-12-7-20-24(30-17-31-25(20)34)29-15-18-3-5-19(28)6-4-18/h3-7,12,17,21-23,26,35-36H,2,8-11,13-16H2,1H3,(H,29,30,31)/t21-,22-,23-,26-/m1/s1. The van der Waals surface area contributed by atoms with Gasteiger partial charge in [-0.1, -0.05) is 12.1 Å². The number of nitrogens with one attached hydrogen (secondary N) is 1. The van der Waals surface area contributed by atoms with Crippen molar-refractivity contribution in [3.8, 4) is 0 Å². The monoisotopic (exact) mass is 510 g/mol. The number of ether oxygens (including phenoxy) is 1. The summed E-state index contributed by atoms with van der Waals surface area (Å²) in [5.74, 6) is 0.367. The number of anilines is 1. The molecule has 9 nitrogen and oxygen atoms in total. The fourth-order valence-electron chi connectivity index (χ4n) is 6.31. The van der Waals surface area contributed by atoms with E-state index in [4.69, 9.17) is 4.74 Å². The van der Waals surface area contributed by atoms with Crippen LogP contribution in [0.3, 0.4) is 0 Å². The SMILES string of the molecule is CN1CCC2(CCCN2C[C@H]2O[C@@H](n3ccc4c(NCc5ccc(F)cc5)ncnc43)[C@H](O)[C@@H]2O)CC1. The Morgan fingerprint density at radius 2 is 1.84 bits per heavy atom. The number of aromatic nitrogens is 3. The topological polar surface area (TPSA) is 98.9 Å². The van der Waals surface area contributed by atoms with Crippen molar-refractivity contribution in [1.29, 1.82) is 0 Å². The molecule has 0 unspecified atom stereocenters. The highest BCUT2D eigenvalue weighted by Crippen LogP contribution is 2.40. The quantitative estimate of drug-likeness (QED) is 0.465. The summed E-state index contributed by atoms with van der Waals surface area (Å²) < 4.78 is 21.3. The maximum Gasteiger partial charge on any atom is 0.164 e. The molecule has 37 heavy (non-hydrogen) atoms. The van der Waals surface area contributed by atoms with Gasteiger partial charge < -0.3 is 29.7 Å². The Hall–Kier alpha value is -2.63. The number of benzene rings is 1. The summed E-state index contributed by atoms with van der Waals surface area (Å²) >= 11 is 0. The molecular formula is C27H35FN6O3. The zero-order valence-electron chi connectivity index (χ0n) is 21.1. The van der Waals surface area contributed by atoms with Gasteiger partial charge in [-0.05, 0) is 76.1 Å². The summed E-state index contributed by atoms with van der Waals surface area (Å²) in [7, 11) is 2.17. The van der Waals surface area contributed by atoms with E-state index in [0.29, 0.717) is 24.6 Å². The van der Waals surface area contributed by atoms with Crippen molar-refractivity contribution in [2.75, 3.05) is 38.5 Å². The molecule has 198 valence electrons. The first-order valence-corrected chi connectivity index (χ1v) is 13.2. The van der Waals surface area contributed by atoms with Crippen molar-refractivity contribution in [3.63, 3.8) is 0 Å². The lowest BCUT2D eigenvalue weighted by molar-refractivity contribution is -0.0569. The van der Waals surface area contributed by atoms with Gasteiger partial charge in [-0.15, -0.1) is 0 Å². The molecule has 0 radical (unpaired) electrons. The molecule has 3 N–H and O–H groups in total. The molecule has 1 aromatic carbocycles. The molecule has 3 aliphatic heterocycles. The lowest BCUT2D eigenvalue weighted by Gasteiger charge is -2.45. The van der Waals surface area contributed by atoms with Crippen molar-refractivity contribution < 1.29 is 19.3 Å². The van der Waals surface area contributed by atoms with E-state index < -0.39 is 24.5 Å². The van der Waals surface area contributed by atoms with E-state index >= 15 is 0 Å². The average Bonchev–Trinajstić information content (AvgIpc) is 3.58. The van der Waals surface area contributed by atoms with Crippen LogP contribution in [0.2, 0.25) is 0 Å². The van der Waals surface area contributed by atoms with Gasteiger partial charge in [0, 0.05) is 24.8 Å². The van der Waals surface area contributed by atoms with Crippen LogP contribution in [0.25, 0.3) is 11.0 Å². The van der Waals surface area contributed by atoms with Crippen LogP contribution in [0, 0.1) is 5.82 Å².